The summed E-state index contributed by atoms with van der Waals surface area (Å²) < 4.78 is 27.4. The molecule has 1 aromatic heterocycles. The van der Waals surface area contributed by atoms with Gasteiger partial charge < -0.3 is 9.80 Å². The summed E-state index contributed by atoms with van der Waals surface area (Å²) in [5, 5.41) is 1.67. The summed E-state index contributed by atoms with van der Waals surface area (Å²) in [5.74, 6) is -0.143. The van der Waals surface area contributed by atoms with Crippen LogP contribution in [0.2, 0.25) is 0 Å². The van der Waals surface area contributed by atoms with E-state index in [0.29, 0.717) is 45.7 Å². The Morgan fingerprint density at radius 1 is 0.875 bits per heavy atom. The molecule has 0 unspecified atom stereocenters. The second-order valence-corrected chi connectivity index (χ2v) is 11.1. The maximum Gasteiger partial charge on any atom is 0.265 e. The fourth-order valence-corrected chi connectivity index (χ4v) is 7.15. The first kappa shape index (κ1) is 22.9. The van der Waals surface area contributed by atoms with E-state index in [1.807, 2.05) is 23.1 Å². The molecular formula is C23H29N3O4S2. The highest BCUT2D eigenvalue weighted by Crippen LogP contribution is 2.29. The summed E-state index contributed by atoms with van der Waals surface area (Å²) in [6, 6.07) is 11.7. The molecule has 2 aliphatic rings. The molecule has 1 aromatic carbocycles. The van der Waals surface area contributed by atoms with Crippen molar-refractivity contribution in [2.24, 2.45) is 0 Å². The maximum atomic E-state index is 13.1. The highest BCUT2D eigenvalue weighted by Gasteiger charge is 2.34. The first-order valence-electron chi connectivity index (χ1n) is 11.2. The lowest BCUT2D eigenvalue weighted by atomic mass is 10.1. The minimum Gasteiger partial charge on any atom is -0.339 e. The number of piperazine rings is 1. The SMILES string of the molecule is O=C(CCCc1ccccc1)N1CCN(C(=O)c2sccc2S(=O)(=O)N2CCCC2)CC1. The van der Waals surface area contributed by atoms with Crippen LogP contribution in [0, 0.1) is 0 Å². The number of sulfonamides is 1. The molecule has 32 heavy (non-hydrogen) atoms. The predicted octanol–water partition coefficient (Wildman–Crippen LogP) is 2.84. The molecule has 2 aromatic rings. The van der Waals surface area contributed by atoms with E-state index in [1.165, 1.54) is 27.3 Å². The quantitative estimate of drug-likeness (QED) is 0.617. The van der Waals surface area contributed by atoms with Gasteiger partial charge in [-0.05, 0) is 42.7 Å². The van der Waals surface area contributed by atoms with Gasteiger partial charge >= 0.3 is 0 Å². The standard InChI is InChI=1S/C23H29N3O4S2/c27-21(10-6-9-19-7-2-1-3-8-19)24-14-16-25(17-15-24)23(28)22-20(11-18-31-22)32(29,30)26-12-4-5-13-26/h1-3,7-8,11,18H,4-6,9-10,12-17H2. The van der Waals surface area contributed by atoms with Crippen LogP contribution in [0.5, 0.6) is 0 Å². The molecule has 0 atom stereocenters. The number of carbonyl (C=O) groups excluding carboxylic acids is 2. The van der Waals surface area contributed by atoms with Gasteiger partial charge in [0.2, 0.25) is 15.9 Å². The van der Waals surface area contributed by atoms with Crippen LogP contribution in [0.4, 0.5) is 0 Å². The number of benzene rings is 1. The first-order valence-corrected chi connectivity index (χ1v) is 13.5. The van der Waals surface area contributed by atoms with Gasteiger partial charge in [-0.25, -0.2) is 8.42 Å². The number of amides is 2. The average molecular weight is 476 g/mol. The molecule has 9 heteroatoms. The lowest BCUT2D eigenvalue weighted by Gasteiger charge is -2.35. The number of aryl methyl sites for hydroxylation is 1. The highest BCUT2D eigenvalue weighted by molar-refractivity contribution is 7.89. The first-order chi connectivity index (χ1) is 15.5. The summed E-state index contributed by atoms with van der Waals surface area (Å²) in [6.07, 6.45) is 3.88. The number of carbonyl (C=O) groups is 2. The van der Waals surface area contributed by atoms with E-state index in [1.54, 1.807) is 10.3 Å². The van der Waals surface area contributed by atoms with E-state index in [9.17, 15) is 18.0 Å². The molecular weight excluding hydrogens is 446 g/mol. The van der Waals surface area contributed by atoms with Crippen molar-refractivity contribution in [1.29, 1.82) is 0 Å². The van der Waals surface area contributed by atoms with Crippen LogP contribution in [-0.2, 0) is 21.2 Å². The Hall–Kier alpha value is -2.23. The molecule has 0 saturated carbocycles. The van der Waals surface area contributed by atoms with Gasteiger partial charge in [0.1, 0.15) is 9.77 Å². The summed E-state index contributed by atoms with van der Waals surface area (Å²) in [7, 11) is -3.64. The van der Waals surface area contributed by atoms with Crippen molar-refractivity contribution in [3.63, 3.8) is 0 Å². The highest BCUT2D eigenvalue weighted by atomic mass is 32.2. The van der Waals surface area contributed by atoms with Crippen molar-refractivity contribution < 1.29 is 18.0 Å². The zero-order chi connectivity index (χ0) is 22.6. The molecule has 0 N–H and O–H groups in total. The predicted molar refractivity (Wildman–Crippen MR) is 124 cm³/mol. The Kier molecular flexibility index (Phi) is 7.27. The van der Waals surface area contributed by atoms with Gasteiger partial charge in [-0.1, -0.05) is 30.3 Å². The Morgan fingerprint density at radius 2 is 1.53 bits per heavy atom. The van der Waals surface area contributed by atoms with E-state index >= 15 is 0 Å². The van der Waals surface area contributed by atoms with Crippen LogP contribution in [0.1, 0.15) is 40.9 Å². The van der Waals surface area contributed by atoms with Gasteiger partial charge in [0.25, 0.3) is 5.91 Å². The molecule has 3 heterocycles. The maximum absolute atomic E-state index is 13.1. The minimum absolute atomic E-state index is 0.112. The third kappa shape index (κ3) is 5.05. The van der Waals surface area contributed by atoms with E-state index in [0.717, 1.165) is 25.7 Å². The lowest BCUT2D eigenvalue weighted by Crippen LogP contribution is -2.50. The Bertz CT molecular complexity index is 1040. The Labute approximate surface area is 193 Å². The fraction of sp³-hybridized carbons (Fsp3) is 0.478. The third-order valence-corrected chi connectivity index (χ3v) is 9.10. The van der Waals surface area contributed by atoms with Gasteiger partial charge in [0.15, 0.2) is 0 Å². The second-order valence-electron chi connectivity index (χ2n) is 8.24. The number of hydrogen-bond donors (Lipinski definition) is 0. The topological polar surface area (TPSA) is 78.0 Å². The molecule has 2 saturated heterocycles. The molecule has 2 aliphatic heterocycles. The van der Waals surface area contributed by atoms with Gasteiger partial charge in [-0.2, -0.15) is 4.31 Å². The molecule has 172 valence electrons. The van der Waals surface area contributed by atoms with E-state index in [2.05, 4.69) is 12.1 Å². The van der Waals surface area contributed by atoms with Crippen molar-refractivity contribution in [3.8, 4) is 0 Å². The number of rotatable bonds is 7. The average Bonchev–Trinajstić information content (AvgIpc) is 3.52. The van der Waals surface area contributed by atoms with Crippen LogP contribution in [-0.4, -0.2) is 73.6 Å². The molecule has 0 radical (unpaired) electrons. The van der Waals surface area contributed by atoms with Gasteiger partial charge in [-0.15, -0.1) is 11.3 Å². The van der Waals surface area contributed by atoms with E-state index in [-0.39, 0.29) is 21.6 Å². The molecule has 2 amide bonds. The van der Waals surface area contributed by atoms with Gasteiger partial charge in [0.05, 0.1) is 0 Å². The van der Waals surface area contributed by atoms with Crippen molar-refractivity contribution in [1.82, 2.24) is 14.1 Å². The monoisotopic (exact) mass is 475 g/mol. The number of nitrogens with zero attached hydrogens (tertiary/aromatic N) is 3. The zero-order valence-electron chi connectivity index (χ0n) is 18.1. The van der Waals surface area contributed by atoms with E-state index < -0.39 is 10.0 Å². The summed E-state index contributed by atoms with van der Waals surface area (Å²) in [6.45, 7) is 2.83. The van der Waals surface area contributed by atoms with Crippen molar-refractivity contribution in [2.75, 3.05) is 39.3 Å². The third-order valence-electron chi connectivity index (χ3n) is 6.12. The molecule has 0 bridgehead atoms. The summed E-state index contributed by atoms with van der Waals surface area (Å²) in [4.78, 5) is 29.5. The largest absolute Gasteiger partial charge is 0.339 e. The number of thiophene rings is 1. The smallest absolute Gasteiger partial charge is 0.265 e. The fourth-order valence-electron chi connectivity index (χ4n) is 4.27. The van der Waals surface area contributed by atoms with E-state index in [4.69, 9.17) is 0 Å². The lowest BCUT2D eigenvalue weighted by molar-refractivity contribution is -0.132. The number of hydrogen-bond acceptors (Lipinski definition) is 5. The Morgan fingerprint density at radius 3 is 2.22 bits per heavy atom. The minimum atomic E-state index is -3.64. The molecule has 0 aliphatic carbocycles. The van der Waals surface area contributed by atoms with Crippen molar-refractivity contribution in [3.05, 3.63) is 52.2 Å². The molecule has 2 fully saturated rings. The summed E-state index contributed by atoms with van der Waals surface area (Å²) in [5.41, 5.74) is 1.23. The Balaban J connectivity index is 1.30. The van der Waals surface area contributed by atoms with Crippen molar-refractivity contribution in [2.45, 2.75) is 37.0 Å². The normalized spacial score (nSPS) is 17.6. The van der Waals surface area contributed by atoms with Gasteiger partial charge in [-0.3, -0.25) is 9.59 Å². The molecule has 0 spiro atoms. The summed E-state index contributed by atoms with van der Waals surface area (Å²) >= 11 is 1.18. The van der Waals surface area contributed by atoms with Gasteiger partial charge in [0, 0.05) is 45.7 Å². The van der Waals surface area contributed by atoms with Crippen LogP contribution in [0.15, 0.2) is 46.7 Å². The van der Waals surface area contributed by atoms with Crippen LogP contribution in [0.3, 0.4) is 0 Å². The van der Waals surface area contributed by atoms with Crippen LogP contribution >= 0.6 is 11.3 Å². The van der Waals surface area contributed by atoms with Crippen LogP contribution < -0.4 is 0 Å². The zero-order valence-corrected chi connectivity index (χ0v) is 19.7. The molecule has 7 nitrogen and oxygen atoms in total. The van der Waals surface area contributed by atoms with Crippen LogP contribution in [0.25, 0.3) is 0 Å². The van der Waals surface area contributed by atoms with Crippen molar-refractivity contribution >= 4 is 33.2 Å². The second kappa shape index (κ2) is 10.1. The molecule has 4 rings (SSSR count).